The summed E-state index contributed by atoms with van der Waals surface area (Å²) in [6, 6.07) is 0.946. The van der Waals surface area contributed by atoms with Crippen LogP contribution in [0.5, 0.6) is 0 Å². The van der Waals surface area contributed by atoms with Gasteiger partial charge in [-0.25, -0.2) is 0 Å². The van der Waals surface area contributed by atoms with E-state index in [0.717, 1.165) is 12.8 Å². The first kappa shape index (κ1) is 10.0. The largest absolute Gasteiger partial charge is 0.391 e. The molecule has 0 bridgehead atoms. The van der Waals surface area contributed by atoms with Gasteiger partial charge in [0.15, 0.2) is 0 Å². The van der Waals surface area contributed by atoms with Gasteiger partial charge in [0.05, 0.1) is 6.10 Å². The van der Waals surface area contributed by atoms with Crippen molar-refractivity contribution in [2.45, 2.75) is 57.7 Å². The lowest BCUT2D eigenvalue weighted by Crippen LogP contribution is -2.46. The molecule has 0 spiro atoms. The maximum absolute atomic E-state index is 9.75. The lowest BCUT2D eigenvalue weighted by atomic mass is 9.91. The number of aliphatic hydroxyl groups is 1. The second kappa shape index (κ2) is 4.24. The van der Waals surface area contributed by atoms with Crippen LogP contribution in [0.2, 0.25) is 0 Å². The standard InChI is InChI=1S/C10H21NO/c1-8(2)11(3)9-6-4-5-7-10(9)12/h8-10,12H,4-7H2,1-3H3/t9-,10-/m0/s1. The Kier molecular flexibility index (Phi) is 3.53. The van der Waals surface area contributed by atoms with Gasteiger partial charge in [0.25, 0.3) is 0 Å². The number of likely N-dealkylation sites (N-methyl/N-ethyl adjacent to an activating group) is 1. The quantitative estimate of drug-likeness (QED) is 0.682. The molecule has 0 aromatic heterocycles. The molecular weight excluding hydrogens is 150 g/mol. The van der Waals surface area contributed by atoms with Crippen molar-refractivity contribution in [3.63, 3.8) is 0 Å². The van der Waals surface area contributed by atoms with Crippen LogP contribution in [0.3, 0.4) is 0 Å². The van der Waals surface area contributed by atoms with Crippen LogP contribution in [0.25, 0.3) is 0 Å². The topological polar surface area (TPSA) is 23.5 Å². The highest BCUT2D eigenvalue weighted by molar-refractivity contribution is 4.82. The van der Waals surface area contributed by atoms with Crippen LogP contribution in [-0.4, -0.2) is 35.2 Å². The van der Waals surface area contributed by atoms with Crippen molar-refractivity contribution >= 4 is 0 Å². The molecular formula is C10H21NO. The second-order valence-corrected chi connectivity index (χ2v) is 4.18. The van der Waals surface area contributed by atoms with E-state index in [-0.39, 0.29) is 6.10 Å². The SMILES string of the molecule is CC(C)N(C)[C@H]1CCCC[C@@H]1O. The Morgan fingerprint density at radius 1 is 1.25 bits per heavy atom. The fraction of sp³-hybridized carbons (Fsp3) is 1.00. The van der Waals surface area contributed by atoms with Crippen molar-refractivity contribution in [1.82, 2.24) is 4.90 Å². The van der Waals surface area contributed by atoms with Crippen molar-refractivity contribution in [3.8, 4) is 0 Å². The lowest BCUT2D eigenvalue weighted by Gasteiger charge is -2.37. The summed E-state index contributed by atoms with van der Waals surface area (Å²) in [5.41, 5.74) is 0. The molecule has 1 aliphatic rings. The molecule has 1 aliphatic carbocycles. The molecule has 0 amide bonds. The summed E-state index contributed by atoms with van der Waals surface area (Å²) in [7, 11) is 2.11. The second-order valence-electron chi connectivity index (χ2n) is 4.18. The van der Waals surface area contributed by atoms with Crippen molar-refractivity contribution in [2.24, 2.45) is 0 Å². The van der Waals surface area contributed by atoms with Crippen molar-refractivity contribution < 1.29 is 5.11 Å². The summed E-state index contributed by atoms with van der Waals surface area (Å²) in [6.45, 7) is 4.36. The average molecular weight is 171 g/mol. The van der Waals surface area contributed by atoms with E-state index < -0.39 is 0 Å². The molecule has 1 fully saturated rings. The van der Waals surface area contributed by atoms with Gasteiger partial charge in [0.2, 0.25) is 0 Å². The normalized spacial score (nSPS) is 31.5. The lowest BCUT2D eigenvalue weighted by molar-refractivity contribution is 0.0192. The zero-order valence-electron chi connectivity index (χ0n) is 8.45. The van der Waals surface area contributed by atoms with E-state index in [0.29, 0.717) is 12.1 Å². The molecule has 0 aliphatic heterocycles. The van der Waals surface area contributed by atoms with Gasteiger partial charge in [-0.3, -0.25) is 4.90 Å². The fourth-order valence-electron chi connectivity index (χ4n) is 1.95. The Morgan fingerprint density at radius 3 is 2.33 bits per heavy atom. The minimum atomic E-state index is -0.0915. The molecule has 12 heavy (non-hydrogen) atoms. The van der Waals surface area contributed by atoms with Gasteiger partial charge >= 0.3 is 0 Å². The zero-order valence-corrected chi connectivity index (χ0v) is 8.45. The number of nitrogens with zero attached hydrogens (tertiary/aromatic N) is 1. The van der Waals surface area contributed by atoms with Crippen LogP contribution >= 0.6 is 0 Å². The number of hydrogen-bond donors (Lipinski definition) is 1. The highest BCUT2D eigenvalue weighted by Crippen LogP contribution is 2.23. The highest BCUT2D eigenvalue weighted by atomic mass is 16.3. The van der Waals surface area contributed by atoms with Crippen molar-refractivity contribution in [2.75, 3.05) is 7.05 Å². The third kappa shape index (κ3) is 2.20. The molecule has 2 atom stereocenters. The predicted octanol–water partition coefficient (Wildman–Crippen LogP) is 1.63. The van der Waals surface area contributed by atoms with Gasteiger partial charge in [-0.2, -0.15) is 0 Å². The van der Waals surface area contributed by atoms with Crippen LogP contribution in [0, 0.1) is 0 Å². The number of hydrogen-bond acceptors (Lipinski definition) is 2. The molecule has 1 N–H and O–H groups in total. The van der Waals surface area contributed by atoms with Crippen LogP contribution < -0.4 is 0 Å². The van der Waals surface area contributed by atoms with Crippen LogP contribution in [0.15, 0.2) is 0 Å². The van der Waals surface area contributed by atoms with E-state index in [1.54, 1.807) is 0 Å². The summed E-state index contributed by atoms with van der Waals surface area (Å²) in [6.07, 6.45) is 4.53. The average Bonchev–Trinajstić information content (AvgIpc) is 2.04. The van der Waals surface area contributed by atoms with Gasteiger partial charge < -0.3 is 5.11 Å². The first-order valence-corrected chi connectivity index (χ1v) is 5.03. The fourth-order valence-corrected chi connectivity index (χ4v) is 1.95. The molecule has 72 valence electrons. The highest BCUT2D eigenvalue weighted by Gasteiger charge is 2.27. The van der Waals surface area contributed by atoms with E-state index in [2.05, 4.69) is 25.8 Å². The van der Waals surface area contributed by atoms with E-state index >= 15 is 0 Å². The maximum atomic E-state index is 9.75. The third-order valence-corrected chi connectivity index (χ3v) is 3.03. The van der Waals surface area contributed by atoms with Gasteiger partial charge in [0, 0.05) is 12.1 Å². The van der Waals surface area contributed by atoms with Crippen LogP contribution in [0.1, 0.15) is 39.5 Å². The first-order valence-electron chi connectivity index (χ1n) is 5.03. The Balaban J connectivity index is 2.47. The summed E-state index contributed by atoms with van der Waals surface area (Å²) < 4.78 is 0. The minimum absolute atomic E-state index is 0.0915. The first-order chi connectivity index (χ1) is 5.63. The van der Waals surface area contributed by atoms with Gasteiger partial charge in [-0.1, -0.05) is 12.8 Å². The number of rotatable bonds is 2. The van der Waals surface area contributed by atoms with Gasteiger partial charge in [-0.05, 0) is 33.7 Å². The van der Waals surface area contributed by atoms with E-state index in [1.807, 2.05) is 0 Å². The van der Waals surface area contributed by atoms with Crippen molar-refractivity contribution in [3.05, 3.63) is 0 Å². The molecule has 0 unspecified atom stereocenters. The summed E-state index contributed by atoms with van der Waals surface area (Å²) >= 11 is 0. The Morgan fingerprint density at radius 2 is 1.83 bits per heavy atom. The van der Waals surface area contributed by atoms with Crippen LogP contribution in [-0.2, 0) is 0 Å². The van der Waals surface area contributed by atoms with E-state index in [9.17, 15) is 5.11 Å². The molecule has 0 saturated heterocycles. The number of aliphatic hydroxyl groups excluding tert-OH is 1. The summed E-state index contributed by atoms with van der Waals surface area (Å²) in [4.78, 5) is 2.30. The minimum Gasteiger partial charge on any atom is -0.391 e. The predicted molar refractivity (Wildman–Crippen MR) is 51.2 cm³/mol. The van der Waals surface area contributed by atoms with E-state index in [4.69, 9.17) is 0 Å². The molecule has 2 heteroatoms. The molecule has 0 heterocycles. The third-order valence-electron chi connectivity index (χ3n) is 3.03. The van der Waals surface area contributed by atoms with Crippen LogP contribution in [0.4, 0.5) is 0 Å². The zero-order chi connectivity index (χ0) is 9.14. The maximum Gasteiger partial charge on any atom is 0.0695 e. The molecule has 1 rings (SSSR count). The molecule has 0 radical (unpaired) electrons. The molecule has 2 nitrogen and oxygen atoms in total. The van der Waals surface area contributed by atoms with Gasteiger partial charge in [0.1, 0.15) is 0 Å². The summed E-state index contributed by atoms with van der Waals surface area (Å²) in [5.74, 6) is 0. The Labute approximate surface area is 75.6 Å². The monoisotopic (exact) mass is 171 g/mol. The molecule has 1 saturated carbocycles. The Bertz CT molecular complexity index is 136. The summed E-state index contributed by atoms with van der Waals surface area (Å²) in [5, 5.41) is 9.75. The molecule has 0 aromatic carbocycles. The van der Waals surface area contributed by atoms with Gasteiger partial charge in [-0.15, -0.1) is 0 Å². The molecule has 0 aromatic rings. The Hall–Kier alpha value is -0.0800. The van der Waals surface area contributed by atoms with Crippen molar-refractivity contribution in [1.29, 1.82) is 0 Å². The smallest absolute Gasteiger partial charge is 0.0695 e. The van der Waals surface area contributed by atoms with E-state index in [1.165, 1.54) is 12.8 Å².